The molecule has 1 fully saturated rings. The zero-order chi connectivity index (χ0) is 25.0. The highest BCUT2D eigenvalue weighted by Gasteiger charge is 2.85. The van der Waals surface area contributed by atoms with Crippen LogP contribution in [0.1, 0.15) is 50.7 Å². The van der Waals surface area contributed by atoms with Crippen molar-refractivity contribution in [3.63, 3.8) is 0 Å². The smallest absolute Gasteiger partial charge is 0.194 e. The molecule has 4 aliphatic rings. The average molecular weight is 525 g/mol. The molecule has 8 heteroatoms. The molecule has 2 aliphatic heterocycles. The van der Waals surface area contributed by atoms with E-state index in [2.05, 4.69) is 0 Å². The lowest BCUT2D eigenvalue weighted by Gasteiger charge is -2.51. The summed E-state index contributed by atoms with van der Waals surface area (Å²) in [5.74, 6) is -15.5. The first kappa shape index (κ1) is 23.6. The molecule has 2 atom stereocenters. The molecule has 0 amide bonds. The molecular weight excluding hydrogens is 502 g/mol. The Hall–Kier alpha value is -1.80. The van der Waals surface area contributed by atoms with Crippen LogP contribution in [0.4, 0.5) is 26.3 Å². The van der Waals surface area contributed by atoms with Crippen LogP contribution in [0.3, 0.4) is 0 Å². The van der Waals surface area contributed by atoms with Crippen LogP contribution < -0.4 is 0 Å². The third-order valence-electron chi connectivity index (χ3n) is 7.71. The van der Waals surface area contributed by atoms with E-state index in [1.807, 2.05) is 13.8 Å². The molecule has 0 nitrogen and oxygen atoms in total. The first-order valence-corrected chi connectivity index (χ1v) is 13.4. The molecule has 2 unspecified atom stereocenters. The van der Waals surface area contributed by atoms with Gasteiger partial charge in [-0.1, -0.05) is 63.1 Å². The van der Waals surface area contributed by atoms with Gasteiger partial charge in [-0.05, 0) is 47.2 Å². The number of allylic oxidation sites excluding steroid dienone is 2. The summed E-state index contributed by atoms with van der Waals surface area (Å²) in [5, 5.41) is 0. The van der Waals surface area contributed by atoms with Crippen molar-refractivity contribution in [1.82, 2.24) is 0 Å². The first-order valence-electron chi connectivity index (χ1n) is 11.7. The Kier molecular flexibility index (Phi) is 4.82. The molecule has 0 spiro atoms. The van der Waals surface area contributed by atoms with Gasteiger partial charge in [-0.15, -0.1) is 23.5 Å². The monoisotopic (exact) mass is 524 g/mol. The third-order valence-corrected chi connectivity index (χ3v) is 11.2. The van der Waals surface area contributed by atoms with Gasteiger partial charge < -0.3 is 0 Å². The molecule has 0 aromatic heterocycles. The van der Waals surface area contributed by atoms with E-state index in [4.69, 9.17) is 0 Å². The molecule has 2 aromatic rings. The molecule has 0 bridgehead atoms. The van der Waals surface area contributed by atoms with Crippen molar-refractivity contribution in [3.05, 3.63) is 70.8 Å². The fraction of sp³-hybridized carbons (Fsp3) is 0.407. The Morgan fingerprint density at radius 3 is 1.31 bits per heavy atom. The largest absolute Gasteiger partial charge is 0.380 e. The second-order valence-electron chi connectivity index (χ2n) is 9.57. The Morgan fingerprint density at radius 2 is 0.943 bits per heavy atom. The molecule has 184 valence electrons. The normalized spacial score (nSPS) is 30.6. The van der Waals surface area contributed by atoms with Crippen molar-refractivity contribution in [1.29, 1.82) is 0 Å². The summed E-state index contributed by atoms with van der Waals surface area (Å²) in [6.45, 7) is 3.84. The summed E-state index contributed by atoms with van der Waals surface area (Å²) in [6, 6.07) is 13.6. The van der Waals surface area contributed by atoms with Crippen LogP contribution in [0.5, 0.6) is 0 Å². The van der Waals surface area contributed by atoms with Crippen LogP contribution >= 0.6 is 23.5 Å². The lowest BCUT2D eigenvalue weighted by atomic mass is 9.64. The van der Waals surface area contributed by atoms with Gasteiger partial charge in [0.05, 0.1) is 9.49 Å². The molecule has 2 aromatic carbocycles. The molecule has 2 aliphatic carbocycles. The molecule has 35 heavy (non-hydrogen) atoms. The van der Waals surface area contributed by atoms with Crippen molar-refractivity contribution in [2.45, 2.75) is 76.6 Å². The zero-order valence-electron chi connectivity index (χ0n) is 19.0. The lowest BCUT2D eigenvalue weighted by Crippen LogP contribution is -2.51. The topological polar surface area (TPSA) is 0 Å². The van der Waals surface area contributed by atoms with Crippen LogP contribution in [0.15, 0.2) is 69.5 Å². The summed E-state index contributed by atoms with van der Waals surface area (Å²) in [4.78, 5) is 1.34. The highest BCUT2D eigenvalue weighted by molar-refractivity contribution is 8.06. The molecule has 0 saturated heterocycles. The van der Waals surface area contributed by atoms with E-state index in [1.165, 1.54) is 23.5 Å². The van der Waals surface area contributed by atoms with Gasteiger partial charge in [-0.2, -0.15) is 26.3 Å². The molecule has 1 saturated carbocycles. The highest BCUT2D eigenvalue weighted by atomic mass is 32.2. The second-order valence-corrected chi connectivity index (χ2v) is 12.3. The van der Waals surface area contributed by atoms with Crippen LogP contribution in [0.25, 0.3) is 11.1 Å². The van der Waals surface area contributed by atoms with Gasteiger partial charge in [0.2, 0.25) is 0 Å². The van der Waals surface area contributed by atoms with E-state index in [-0.39, 0.29) is 11.1 Å². The van der Waals surface area contributed by atoms with E-state index in [0.29, 0.717) is 46.6 Å². The van der Waals surface area contributed by atoms with Crippen molar-refractivity contribution >= 4 is 34.7 Å². The van der Waals surface area contributed by atoms with Gasteiger partial charge in [-0.3, -0.25) is 0 Å². The zero-order valence-corrected chi connectivity index (χ0v) is 20.7. The molecular formula is C27H22F6S2. The minimum absolute atomic E-state index is 0.0192. The van der Waals surface area contributed by atoms with Gasteiger partial charge in [0.15, 0.2) is 0 Å². The second kappa shape index (κ2) is 7.15. The molecule has 0 radical (unpaired) electrons. The van der Waals surface area contributed by atoms with E-state index < -0.39 is 38.4 Å². The van der Waals surface area contributed by atoms with Gasteiger partial charge in [0.25, 0.3) is 0 Å². The van der Waals surface area contributed by atoms with E-state index in [9.17, 15) is 0 Å². The predicted octanol–water partition coefficient (Wildman–Crippen LogP) is 9.12. The number of hydrogen-bond donors (Lipinski definition) is 0. The molecule has 2 heterocycles. The maximum atomic E-state index is 15.7. The number of alkyl halides is 6. The fourth-order valence-electron chi connectivity index (χ4n) is 6.53. The Morgan fingerprint density at radius 1 is 0.571 bits per heavy atom. The van der Waals surface area contributed by atoms with E-state index in [0.717, 1.165) is 0 Å². The first-order chi connectivity index (χ1) is 16.5. The standard InChI is InChI=1S/C27H22F6S2/c1-3-13-23-19(15-9-5-7-11-17(15)34-23)21-22(26(30,31)27(32,33)25(21,28)29)20-16-10-6-8-12-18(16)35-24(20,23)14-4-2/h5-12H,3-4,13-14H2,1-2H3. The van der Waals surface area contributed by atoms with Gasteiger partial charge >= 0.3 is 17.8 Å². The third kappa shape index (κ3) is 2.46. The number of thioether (sulfide) groups is 2. The van der Waals surface area contributed by atoms with Crippen molar-refractivity contribution in [2.24, 2.45) is 0 Å². The average Bonchev–Trinajstić information content (AvgIpc) is 3.35. The summed E-state index contributed by atoms with van der Waals surface area (Å²) in [6.07, 6.45) is 1.97. The van der Waals surface area contributed by atoms with Crippen LogP contribution in [0, 0.1) is 0 Å². The summed E-state index contributed by atoms with van der Waals surface area (Å²) >= 11 is 2.78. The highest BCUT2D eigenvalue weighted by Crippen LogP contribution is 2.79. The quantitative estimate of drug-likeness (QED) is 0.366. The summed E-state index contributed by atoms with van der Waals surface area (Å²) in [7, 11) is 0. The van der Waals surface area contributed by atoms with Crippen LogP contribution in [-0.4, -0.2) is 27.3 Å². The van der Waals surface area contributed by atoms with Crippen LogP contribution in [0.2, 0.25) is 0 Å². The fourth-order valence-corrected chi connectivity index (χ4v) is 10.4. The van der Waals surface area contributed by atoms with Crippen LogP contribution in [-0.2, 0) is 0 Å². The van der Waals surface area contributed by atoms with E-state index in [1.54, 1.807) is 48.5 Å². The van der Waals surface area contributed by atoms with Gasteiger partial charge in [0.1, 0.15) is 0 Å². The number of benzene rings is 2. The van der Waals surface area contributed by atoms with Crippen molar-refractivity contribution in [3.8, 4) is 0 Å². The lowest BCUT2D eigenvalue weighted by molar-refractivity contribution is -0.257. The minimum atomic E-state index is -5.53. The Balaban J connectivity index is 1.87. The molecule has 6 rings (SSSR count). The van der Waals surface area contributed by atoms with Crippen molar-refractivity contribution < 1.29 is 26.3 Å². The van der Waals surface area contributed by atoms with Gasteiger partial charge in [-0.25, -0.2) is 0 Å². The number of hydrogen-bond acceptors (Lipinski definition) is 2. The Labute approximate surface area is 208 Å². The maximum absolute atomic E-state index is 15.7. The van der Waals surface area contributed by atoms with Gasteiger partial charge in [0, 0.05) is 20.9 Å². The minimum Gasteiger partial charge on any atom is -0.194 e. The summed E-state index contributed by atoms with van der Waals surface area (Å²) in [5.41, 5.74) is -1.60. The summed E-state index contributed by atoms with van der Waals surface area (Å²) < 4.78 is 90.9. The number of fused-ring (bicyclic) bond motifs is 8. The Bertz CT molecular complexity index is 1230. The predicted molar refractivity (Wildman–Crippen MR) is 129 cm³/mol. The number of rotatable bonds is 4. The van der Waals surface area contributed by atoms with Crippen molar-refractivity contribution in [2.75, 3.05) is 0 Å². The van der Waals surface area contributed by atoms with E-state index >= 15 is 26.3 Å². The maximum Gasteiger partial charge on any atom is 0.380 e. The molecule has 0 N–H and O–H groups in total. The number of halogens is 6. The SMILES string of the molecule is CCCC12Sc3ccccc3C1=C1C(=C3c4ccccc4SC32CCC)C(F)(F)C(F)(F)C1(F)F.